The van der Waals surface area contributed by atoms with Crippen LogP contribution in [0, 0.1) is 23.7 Å². The lowest BCUT2D eigenvalue weighted by molar-refractivity contribution is -0.147. The van der Waals surface area contributed by atoms with Crippen LogP contribution in [0.2, 0.25) is 0 Å². The zero-order valence-corrected chi connectivity index (χ0v) is 11.4. The van der Waals surface area contributed by atoms with E-state index in [2.05, 4.69) is 32.6 Å². The van der Waals surface area contributed by atoms with Crippen LogP contribution in [0.25, 0.3) is 0 Å². The highest BCUT2D eigenvalue weighted by Gasteiger charge is 2.15. The van der Waals surface area contributed by atoms with Crippen molar-refractivity contribution in [3.05, 3.63) is 0 Å². The van der Waals surface area contributed by atoms with Gasteiger partial charge in [0.05, 0.1) is 0 Å². The van der Waals surface area contributed by atoms with Gasteiger partial charge in [0.1, 0.15) is 5.60 Å². The largest absolute Gasteiger partial charge is 0.450 e. The van der Waals surface area contributed by atoms with Gasteiger partial charge in [-0.2, -0.15) is 0 Å². The molecule has 0 aromatic rings. The molecule has 16 heavy (non-hydrogen) atoms. The Bertz CT molecular complexity index is 273. The van der Waals surface area contributed by atoms with Gasteiger partial charge in [0.25, 0.3) is 0 Å². The number of hydrogen-bond donors (Lipinski definition) is 0. The van der Waals surface area contributed by atoms with Crippen molar-refractivity contribution < 1.29 is 9.53 Å². The van der Waals surface area contributed by atoms with Crippen LogP contribution in [0.15, 0.2) is 0 Å². The summed E-state index contributed by atoms with van der Waals surface area (Å²) in [5, 5.41) is 0. The quantitative estimate of drug-likeness (QED) is 0.417. The van der Waals surface area contributed by atoms with Crippen LogP contribution < -0.4 is 0 Å². The van der Waals surface area contributed by atoms with Crippen molar-refractivity contribution in [2.75, 3.05) is 0 Å². The summed E-state index contributed by atoms with van der Waals surface area (Å²) in [6, 6.07) is 0. The van der Waals surface area contributed by atoms with Gasteiger partial charge in [-0.05, 0) is 33.1 Å². The summed E-state index contributed by atoms with van der Waals surface area (Å²) < 4.78 is 5.13. The van der Waals surface area contributed by atoms with Crippen LogP contribution in [0.4, 0.5) is 0 Å². The van der Waals surface area contributed by atoms with E-state index in [0.717, 1.165) is 12.8 Å². The van der Waals surface area contributed by atoms with E-state index < -0.39 is 11.6 Å². The Morgan fingerprint density at radius 1 is 1.31 bits per heavy atom. The fourth-order valence-corrected chi connectivity index (χ4v) is 1.34. The summed E-state index contributed by atoms with van der Waals surface area (Å²) in [6.45, 7) is 11.9. The van der Waals surface area contributed by atoms with Gasteiger partial charge in [-0.1, -0.05) is 33.1 Å². The molecule has 0 spiro atoms. The molecule has 0 aliphatic carbocycles. The lowest BCUT2D eigenvalue weighted by Gasteiger charge is -2.17. The number of rotatable bonds is 3. The van der Waals surface area contributed by atoms with Gasteiger partial charge < -0.3 is 4.74 Å². The average Bonchev–Trinajstić information content (AvgIpc) is 2.08. The molecule has 0 rings (SSSR count). The first-order valence-corrected chi connectivity index (χ1v) is 6.00. The highest BCUT2D eigenvalue weighted by Crippen LogP contribution is 2.15. The van der Waals surface area contributed by atoms with Crippen LogP contribution >= 0.6 is 0 Å². The SMILES string of the molecule is CCCC(C#CC(=O)OC(C)(C)C)C(C)C. The molecule has 0 radical (unpaired) electrons. The number of carbonyl (C=O) groups is 1. The molecular weight excluding hydrogens is 200 g/mol. The standard InChI is InChI=1S/C14H24O2/c1-7-8-12(11(2)3)9-10-13(15)16-14(4,5)6/h11-12H,7-8H2,1-6H3. The summed E-state index contributed by atoms with van der Waals surface area (Å²) in [4.78, 5) is 11.4. The number of ether oxygens (including phenoxy) is 1. The molecule has 0 saturated carbocycles. The predicted molar refractivity (Wildman–Crippen MR) is 66.9 cm³/mol. The molecule has 92 valence electrons. The lowest BCUT2D eigenvalue weighted by Crippen LogP contribution is -2.23. The molecule has 2 nitrogen and oxygen atoms in total. The second-order valence-electron chi connectivity index (χ2n) is 5.41. The third kappa shape index (κ3) is 7.34. The van der Waals surface area contributed by atoms with Crippen LogP contribution in [0.3, 0.4) is 0 Å². The van der Waals surface area contributed by atoms with Gasteiger partial charge in [-0.15, -0.1) is 0 Å². The first kappa shape index (κ1) is 15.0. The summed E-state index contributed by atoms with van der Waals surface area (Å²) in [7, 11) is 0. The smallest absolute Gasteiger partial charge is 0.384 e. The van der Waals surface area contributed by atoms with Crippen molar-refractivity contribution in [1.82, 2.24) is 0 Å². The molecule has 1 atom stereocenters. The van der Waals surface area contributed by atoms with Crippen molar-refractivity contribution in [2.45, 2.75) is 60.0 Å². The molecular formula is C14H24O2. The first-order valence-electron chi connectivity index (χ1n) is 6.00. The molecule has 0 aliphatic heterocycles. The Balaban J connectivity index is 4.39. The van der Waals surface area contributed by atoms with E-state index in [4.69, 9.17) is 4.74 Å². The van der Waals surface area contributed by atoms with Crippen LogP contribution in [0.5, 0.6) is 0 Å². The van der Waals surface area contributed by atoms with Crippen molar-refractivity contribution in [2.24, 2.45) is 11.8 Å². The maximum absolute atomic E-state index is 11.4. The van der Waals surface area contributed by atoms with Gasteiger partial charge in [-0.3, -0.25) is 0 Å². The van der Waals surface area contributed by atoms with Crippen LogP contribution in [-0.4, -0.2) is 11.6 Å². The number of esters is 1. The summed E-state index contributed by atoms with van der Waals surface area (Å²) >= 11 is 0. The monoisotopic (exact) mass is 224 g/mol. The minimum absolute atomic E-state index is 0.289. The highest BCUT2D eigenvalue weighted by atomic mass is 16.6. The fourth-order valence-electron chi connectivity index (χ4n) is 1.34. The molecule has 0 heterocycles. The third-order valence-electron chi connectivity index (χ3n) is 2.16. The summed E-state index contributed by atoms with van der Waals surface area (Å²) in [5.74, 6) is 5.96. The van der Waals surface area contributed by atoms with E-state index in [1.54, 1.807) is 0 Å². The second-order valence-corrected chi connectivity index (χ2v) is 5.41. The second kappa shape index (κ2) is 6.58. The Morgan fingerprint density at radius 2 is 1.88 bits per heavy atom. The number of carbonyl (C=O) groups excluding carboxylic acids is 1. The molecule has 0 aliphatic rings. The fraction of sp³-hybridized carbons (Fsp3) is 0.786. The van der Waals surface area contributed by atoms with Crippen LogP contribution in [-0.2, 0) is 9.53 Å². The molecule has 0 saturated heterocycles. The van der Waals surface area contributed by atoms with E-state index >= 15 is 0 Å². The van der Waals surface area contributed by atoms with Crippen molar-refractivity contribution >= 4 is 5.97 Å². The van der Waals surface area contributed by atoms with E-state index in [-0.39, 0.29) is 5.92 Å². The van der Waals surface area contributed by atoms with E-state index in [9.17, 15) is 4.79 Å². The first-order chi connectivity index (χ1) is 7.26. The molecule has 0 aromatic heterocycles. The Morgan fingerprint density at radius 3 is 2.25 bits per heavy atom. The van der Waals surface area contributed by atoms with Gasteiger partial charge in [-0.25, -0.2) is 4.79 Å². The van der Waals surface area contributed by atoms with Gasteiger partial charge in [0.15, 0.2) is 0 Å². The average molecular weight is 224 g/mol. The van der Waals surface area contributed by atoms with Crippen molar-refractivity contribution in [1.29, 1.82) is 0 Å². The molecule has 0 aromatic carbocycles. The van der Waals surface area contributed by atoms with Gasteiger partial charge >= 0.3 is 5.97 Å². The molecule has 0 bridgehead atoms. The van der Waals surface area contributed by atoms with Crippen molar-refractivity contribution in [3.8, 4) is 11.8 Å². The zero-order chi connectivity index (χ0) is 12.8. The third-order valence-corrected chi connectivity index (χ3v) is 2.16. The Hall–Kier alpha value is -0.970. The topological polar surface area (TPSA) is 26.3 Å². The van der Waals surface area contributed by atoms with Crippen molar-refractivity contribution in [3.63, 3.8) is 0 Å². The summed E-state index contributed by atoms with van der Waals surface area (Å²) in [6.07, 6.45) is 2.12. The molecule has 0 amide bonds. The lowest BCUT2D eigenvalue weighted by atomic mass is 9.92. The normalized spacial score (nSPS) is 12.9. The van der Waals surface area contributed by atoms with Crippen LogP contribution in [0.1, 0.15) is 54.4 Å². The maximum atomic E-state index is 11.4. The molecule has 1 unspecified atom stereocenters. The minimum Gasteiger partial charge on any atom is -0.450 e. The maximum Gasteiger partial charge on any atom is 0.384 e. The van der Waals surface area contributed by atoms with E-state index in [1.165, 1.54) is 0 Å². The zero-order valence-electron chi connectivity index (χ0n) is 11.4. The van der Waals surface area contributed by atoms with E-state index in [1.807, 2.05) is 20.8 Å². The number of hydrogen-bond acceptors (Lipinski definition) is 2. The Kier molecular flexibility index (Phi) is 6.18. The Labute approximate surface area is 99.8 Å². The molecule has 0 N–H and O–H groups in total. The molecule has 0 fully saturated rings. The summed E-state index contributed by atoms with van der Waals surface area (Å²) in [5.41, 5.74) is -0.455. The van der Waals surface area contributed by atoms with E-state index in [0.29, 0.717) is 5.92 Å². The minimum atomic E-state index is -0.455. The van der Waals surface area contributed by atoms with Gasteiger partial charge in [0.2, 0.25) is 0 Å². The van der Waals surface area contributed by atoms with Gasteiger partial charge in [0, 0.05) is 11.8 Å². The highest BCUT2D eigenvalue weighted by molar-refractivity contribution is 5.88. The molecule has 2 heteroatoms. The predicted octanol–water partition coefficient (Wildman–Crippen LogP) is 3.40.